The predicted octanol–water partition coefficient (Wildman–Crippen LogP) is 2.58. The zero-order valence-electron chi connectivity index (χ0n) is 11.0. The van der Waals surface area contributed by atoms with Crippen molar-refractivity contribution in [2.24, 2.45) is 5.92 Å². The van der Waals surface area contributed by atoms with Crippen LogP contribution in [0.3, 0.4) is 0 Å². The van der Waals surface area contributed by atoms with Crippen LogP contribution in [0.1, 0.15) is 37.8 Å². The standard InChI is InChI=1S/C14H20N2O2S/c1-2-13-8-9-14(11-15-13)19(17,18)16-10-12-6-4-3-5-7-12/h2,8-9,11-12,16H,1,3-7,10H2. The first-order chi connectivity index (χ1) is 9.12. The van der Waals surface area contributed by atoms with Gasteiger partial charge in [-0.1, -0.05) is 25.8 Å². The molecule has 5 heteroatoms. The second-order valence-electron chi connectivity index (χ2n) is 4.98. The Balaban J connectivity index is 1.98. The van der Waals surface area contributed by atoms with Gasteiger partial charge in [0.1, 0.15) is 4.90 Å². The van der Waals surface area contributed by atoms with Crippen LogP contribution < -0.4 is 4.72 Å². The molecule has 0 amide bonds. The van der Waals surface area contributed by atoms with Gasteiger partial charge in [-0.05, 0) is 37.0 Å². The van der Waals surface area contributed by atoms with Gasteiger partial charge in [-0.3, -0.25) is 4.98 Å². The maximum absolute atomic E-state index is 12.1. The Morgan fingerprint density at radius 3 is 2.63 bits per heavy atom. The zero-order chi connectivity index (χ0) is 13.7. The van der Waals surface area contributed by atoms with Crippen LogP contribution in [0.4, 0.5) is 0 Å². The monoisotopic (exact) mass is 280 g/mol. The van der Waals surface area contributed by atoms with Crippen LogP contribution in [0, 0.1) is 5.92 Å². The summed E-state index contributed by atoms with van der Waals surface area (Å²) in [6.45, 7) is 4.13. The number of aromatic nitrogens is 1. The SMILES string of the molecule is C=Cc1ccc(S(=O)(=O)NCC2CCCCC2)cn1. The maximum Gasteiger partial charge on any atom is 0.242 e. The van der Waals surface area contributed by atoms with Crippen molar-refractivity contribution >= 4 is 16.1 Å². The molecule has 0 bridgehead atoms. The number of nitrogens with zero attached hydrogens (tertiary/aromatic N) is 1. The van der Waals surface area contributed by atoms with Crippen LogP contribution in [-0.4, -0.2) is 19.9 Å². The van der Waals surface area contributed by atoms with Crippen molar-refractivity contribution in [2.45, 2.75) is 37.0 Å². The fourth-order valence-corrected chi connectivity index (χ4v) is 3.43. The largest absolute Gasteiger partial charge is 0.256 e. The number of pyridine rings is 1. The summed E-state index contributed by atoms with van der Waals surface area (Å²) in [6.07, 6.45) is 8.90. The van der Waals surface area contributed by atoms with E-state index in [9.17, 15) is 8.42 Å². The summed E-state index contributed by atoms with van der Waals surface area (Å²) in [7, 11) is -3.43. The molecule has 1 aliphatic carbocycles. The molecule has 0 unspecified atom stereocenters. The summed E-state index contributed by atoms with van der Waals surface area (Å²) in [5, 5.41) is 0. The highest BCUT2D eigenvalue weighted by molar-refractivity contribution is 7.89. The fraction of sp³-hybridized carbons (Fsp3) is 0.500. The van der Waals surface area contributed by atoms with Crippen LogP contribution in [0.25, 0.3) is 6.08 Å². The van der Waals surface area contributed by atoms with E-state index >= 15 is 0 Å². The summed E-state index contributed by atoms with van der Waals surface area (Å²) in [5.74, 6) is 0.476. The Morgan fingerprint density at radius 1 is 1.32 bits per heavy atom. The van der Waals surface area contributed by atoms with Gasteiger partial charge in [0.15, 0.2) is 0 Å². The number of rotatable bonds is 5. The molecule has 0 radical (unpaired) electrons. The molecule has 0 spiro atoms. The van der Waals surface area contributed by atoms with E-state index in [1.807, 2.05) is 0 Å². The first-order valence-corrected chi connectivity index (χ1v) is 8.18. The van der Waals surface area contributed by atoms with Crippen molar-refractivity contribution in [1.82, 2.24) is 9.71 Å². The number of sulfonamides is 1. The van der Waals surface area contributed by atoms with Crippen LogP contribution in [0.2, 0.25) is 0 Å². The Hall–Kier alpha value is -1.20. The van der Waals surface area contributed by atoms with Gasteiger partial charge >= 0.3 is 0 Å². The van der Waals surface area contributed by atoms with Gasteiger partial charge in [-0.15, -0.1) is 0 Å². The van der Waals surface area contributed by atoms with Crippen molar-refractivity contribution < 1.29 is 8.42 Å². The van der Waals surface area contributed by atoms with Crippen molar-refractivity contribution in [2.75, 3.05) is 6.54 Å². The van der Waals surface area contributed by atoms with E-state index in [1.54, 1.807) is 18.2 Å². The summed E-state index contributed by atoms with van der Waals surface area (Å²) in [5.41, 5.74) is 0.672. The van der Waals surface area contributed by atoms with Gasteiger partial charge in [0, 0.05) is 12.7 Å². The summed E-state index contributed by atoms with van der Waals surface area (Å²) in [6, 6.07) is 3.22. The molecule has 0 aromatic carbocycles. The van der Waals surface area contributed by atoms with Crippen LogP contribution in [0.15, 0.2) is 29.8 Å². The first-order valence-electron chi connectivity index (χ1n) is 6.70. The Kier molecular flexibility index (Phi) is 4.71. The van der Waals surface area contributed by atoms with Gasteiger partial charge in [-0.25, -0.2) is 13.1 Å². The van der Waals surface area contributed by atoms with E-state index in [4.69, 9.17) is 0 Å². The molecule has 2 rings (SSSR count). The quantitative estimate of drug-likeness (QED) is 0.902. The van der Waals surface area contributed by atoms with E-state index in [0.717, 1.165) is 12.8 Å². The molecule has 0 saturated heterocycles. The molecule has 1 aromatic rings. The third-order valence-electron chi connectivity index (χ3n) is 3.57. The zero-order valence-corrected chi connectivity index (χ0v) is 11.8. The lowest BCUT2D eigenvalue weighted by atomic mass is 9.90. The third kappa shape index (κ3) is 3.88. The lowest BCUT2D eigenvalue weighted by Crippen LogP contribution is -2.30. The molecule has 4 nitrogen and oxygen atoms in total. The van der Waals surface area contributed by atoms with Crippen molar-refractivity contribution in [3.8, 4) is 0 Å². The molecular weight excluding hydrogens is 260 g/mol. The Bertz CT molecular complexity index is 517. The summed E-state index contributed by atoms with van der Waals surface area (Å²) >= 11 is 0. The molecule has 1 heterocycles. The molecular formula is C14H20N2O2S. The smallest absolute Gasteiger partial charge is 0.242 e. The van der Waals surface area contributed by atoms with Crippen LogP contribution in [-0.2, 0) is 10.0 Å². The molecule has 19 heavy (non-hydrogen) atoms. The molecule has 1 N–H and O–H groups in total. The highest BCUT2D eigenvalue weighted by atomic mass is 32.2. The molecule has 1 saturated carbocycles. The molecule has 1 aromatic heterocycles. The van der Waals surface area contributed by atoms with E-state index < -0.39 is 10.0 Å². The number of hydrogen-bond donors (Lipinski definition) is 1. The summed E-state index contributed by atoms with van der Waals surface area (Å²) < 4.78 is 26.9. The van der Waals surface area contributed by atoms with E-state index in [1.165, 1.54) is 25.5 Å². The first kappa shape index (κ1) is 14.2. The molecule has 0 atom stereocenters. The van der Waals surface area contributed by atoms with Gasteiger partial charge in [-0.2, -0.15) is 0 Å². The van der Waals surface area contributed by atoms with Crippen LogP contribution >= 0.6 is 0 Å². The van der Waals surface area contributed by atoms with E-state index in [0.29, 0.717) is 18.2 Å². The highest BCUT2D eigenvalue weighted by Gasteiger charge is 2.18. The topological polar surface area (TPSA) is 59.1 Å². The minimum Gasteiger partial charge on any atom is -0.256 e. The van der Waals surface area contributed by atoms with E-state index in [2.05, 4.69) is 16.3 Å². The third-order valence-corrected chi connectivity index (χ3v) is 4.97. The fourth-order valence-electron chi connectivity index (χ4n) is 2.37. The van der Waals surface area contributed by atoms with Gasteiger partial charge < -0.3 is 0 Å². The minimum absolute atomic E-state index is 0.217. The Labute approximate surface area is 115 Å². The normalized spacial score (nSPS) is 17.3. The number of nitrogens with one attached hydrogen (secondary N) is 1. The van der Waals surface area contributed by atoms with Crippen LogP contribution in [0.5, 0.6) is 0 Å². The maximum atomic E-state index is 12.1. The molecule has 104 valence electrons. The number of hydrogen-bond acceptors (Lipinski definition) is 3. The van der Waals surface area contributed by atoms with Gasteiger partial charge in [0.25, 0.3) is 0 Å². The van der Waals surface area contributed by atoms with Gasteiger partial charge in [0.05, 0.1) is 5.69 Å². The predicted molar refractivity (Wildman–Crippen MR) is 76.1 cm³/mol. The molecule has 1 fully saturated rings. The van der Waals surface area contributed by atoms with Crippen molar-refractivity contribution in [1.29, 1.82) is 0 Å². The average Bonchev–Trinajstić information content (AvgIpc) is 2.46. The molecule has 1 aliphatic rings. The lowest BCUT2D eigenvalue weighted by Gasteiger charge is -2.21. The average molecular weight is 280 g/mol. The Morgan fingerprint density at radius 2 is 2.05 bits per heavy atom. The van der Waals surface area contributed by atoms with Crippen molar-refractivity contribution in [3.05, 3.63) is 30.6 Å². The van der Waals surface area contributed by atoms with E-state index in [-0.39, 0.29) is 4.90 Å². The highest BCUT2D eigenvalue weighted by Crippen LogP contribution is 2.23. The van der Waals surface area contributed by atoms with Gasteiger partial charge in [0.2, 0.25) is 10.0 Å². The lowest BCUT2D eigenvalue weighted by molar-refractivity contribution is 0.357. The second kappa shape index (κ2) is 6.30. The molecule has 0 aliphatic heterocycles. The minimum atomic E-state index is -3.43. The summed E-state index contributed by atoms with van der Waals surface area (Å²) in [4.78, 5) is 4.24. The van der Waals surface area contributed by atoms with Crippen molar-refractivity contribution in [3.63, 3.8) is 0 Å². The second-order valence-corrected chi connectivity index (χ2v) is 6.75.